The predicted octanol–water partition coefficient (Wildman–Crippen LogP) is -6.21. The molecule has 0 heterocycles. The van der Waals surface area contributed by atoms with E-state index in [1.54, 1.807) is 0 Å². The molecule has 0 saturated carbocycles. The quantitative estimate of drug-likeness (QED) is 0.394. The standard InChI is InChI=1S/3C2H4O2.Fe.3H2O/c3*1-2(3)4;;;;/h3*1H3,(H,3,4);;3*1H2/q;;;+3;;;/p-3. The zero-order chi connectivity index (χ0) is 10.7. The van der Waals surface area contributed by atoms with Gasteiger partial charge in [0.15, 0.2) is 0 Å². The van der Waals surface area contributed by atoms with Crippen molar-refractivity contribution in [3.8, 4) is 0 Å². The summed E-state index contributed by atoms with van der Waals surface area (Å²) >= 11 is 0. The van der Waals surface area contributed by atoms with Crippen LogP contribution in [0.4, 0.5) is 0 Å². The van der Waals surface area contributed by atoms with E-state index >= 15 is 0 Å². The summed E-state index contributed by atoms with van der Waals surface area (Å²) in [5.41, 5.74) is 0. The van der Waals surface area contributed by atoms with E-state index in [0.717, 1.165) is 20.8 Å². The molecule has 0 aliphatic heterocycles. The normalized spacial score (nSPS) is 4.69. The second-order valence-electron chi connectivity index (χ2n) is 1.47. The number of hydrogen-bond donors (Lipinski definition) is 0. The summed E-state index contributed by atoms with van der Waals surface area (Å²) in [5, 5.41) is 26.7. The van der Waals surface area contributed by atoms with Crippen LogP contribution in [0.5, 0.6) is 0 Å². The van der Waals surface area contributed by atoms with Crippen molar-refractivity contribution in [3.63, 3.8) is 0 Å². The molecule has 0 aromatic carbocycles. The molecule has 0 unspecified atom stereocenters. The molecule has 0 saturated heterocycles. The maximum Gasteiger partial charge on any atom is 3.00 e. The Balaban J connectivity index is -0.0000000135. The van der Waals surface area contributed by atoms with Crippen LogP contribution in [-0.2, 0) is 31.5 Å². The molecule has 0 spiro atoms. The number of carboxylic acid groups (broad SMARTS) is 3. The van der Waals surface area contributed by atoms with Gasteiger partial charge in [-0.3, -0.25) is 0 Å². The molecule has 0 aromatic heterocycles. The van der Waals surface area contributed by atoms with E-state index in [1.807, 2.05) is 0 Å². The van der Waals surface area contributed by atoms with Gasteiger partial charge in [-0.1, -0.05) is 0 Å². The van der Waals surface area contributed by atoms with Crippen LogP contribution in [-0.4, -0.2) is 34.3 Å². The van der Waals surface area contributed by atoms with Crippen LogP contribution in [0.1, 0.15) is 20.8 Å². The van der Waals surface area contributed by atoms with Crippen LogP contribution in [0.15, 0.2) is 0 Å². The van der Waals surface area contributed by atoms with E-state index in [4.69, 9.17) is 29.7 Å². The Morgan fingerprint density at radius 3 is 0.625 bits per heavy atom. The van der Waals surface area contributed by atoms with E-state index in [-0.39, 0.29) is 33.5 Å². The maximum absolute atomic E-state index is 8.89. The molecule has 0 fully saturated rings. The maximum atomic E-state index is 8.89. The smallest absolute Gasteiger partial charge is 0.550 e. The molecular formula is C6H15FeO9. The van der Waals surface area contributed by atoms with Crippen LogP contribution in [0.2, 0.25) is 0 Å². The first-order chi connectivity index (χ1) is 5.20. The SMILES string of the molecule is CC(=O)[O-].CC(=O)[O-].CC(=O)[O-].O.O.O.[Fe+3]. The Labute approximate surface area is 102 Å². The molecule has 9 nitrogen and oxygen atoms in total. The van der Waals surface area contributed by atoms with Gasteiger partial charge in [0.05, 0.1) is 0 Å². The van der Waals surface area contributed by atoms with Gasteiger partial charge in [0.1, 0.15) is 0 Å². The summed E-state index contributed by atoms with van der Waals surface area (Å²) in [6.45, 7) is 2.92. The minimum absolute atomic E-state index is 0. The third-order valence-electron chi connectivity index (χ3n) is 0. The molecule has 101 valence electrons. The molecule has 16 heavy (non-hydrogen) atoms. The zero-order valence-corrected chi connectivity index (χ0v) is 9.91. The fourth-order valence-corrected chi connectivity index (χ4v) is 0. The third-order valence-corrected chi connectivity index (χ3v) is 0. The number of carbonyl (C=O) groups excluding carboxylic acids is 3. The Bertz CT molecular complexity index is 118. The Hall–Kier alpha value is -1.19. The average Bonchev–Trinajstić information content (AvgIpc) is 1.54. The van der Waals surface area contributed by atoms with Gasteiger partial charge in [-0.2, -0.15) is 0 Å². The zero-order valence-electron chi connectivity index (χ0n) is 8.80. The van der Waals surface area contributed by atoms with Gasteiger partial charge in [-0.15, -0.1) is 0 Å². The van der Waals surface area contributed by atoms with Crippen LogP contribution in [0.25, 0.3) is 0 Å². The van der Waals surface area contributed by atoms with Gasteiger partial charge in [0.25, 0.3) is 0 Å². The summed E-state index contributed by atoms with van der Waals surface area (Å²) in [6.07, 6.45) is 0. The molecule has 0 aliphatic carbocycles. The van der Waals surface area contributed by atoms with Gasteiger partial charge in [0.2, 0.25) is 0 Å². The number of aliphatic carboxylic acids is 3. The molecule has 0 amide bonds. The fraction of sp³-hybridized carbons (Fsp3) is 0.500. The number of hydrogen-bond acceptors (Lipinski definition) is 6. The van der Waals surface area contributed by atoms with Crippen molar-refractivity contribution in [2.75, 3.05) is 0 Å². The monoisotopic (exact) mass is 287 g/mol. The molecular weight excluding hydrogens is 272 g/mol. The first-order valence-corrected chi connectivity index (χ1v) is 2.72. The molecule has 0 aromatic rings. The number of carboxylic acids is 3. The van der Waals surface area contributed by atoms with Gasteiger partial charge in [0, 0.05) is 17.9 Å². The third kappa shape index (κ3) is 1260. The first-order valence-electron chi connectivity index (χ1n) is 2.72. The minimum Gasteiger partial charge on any atom is -0.550 e. The Morgan fingerprint density at radius 1 is 0.625 bits per heavy atom. The van der Waals surface area contributed by atoms with E-state index in [1.165, 1.54) is 0 Å². The number of rotatable bonds is 0. The van der Waals surface area contributed by atoms with E-state index in [9.17, 15) is 0 Å². The summed E-state index contributed by atoms with van der Waals surface area (Å²) in [5.74, 6) is -3.25. The molecule has 0 atom stereocenters. The van der Waals surface area contributed by atoms with Gasteiger partial charge in [-0.05, 0) is 20.8 Å². The van der Waals surface area contributed by atoms with Crippen LogP contribution in [0.3, 0.4) is 0 Å². The van der Waals surface area contributed by atoms with Crippen molar-refractivity contribution in [2.24, 2.45) is 0 Å². The summed E-state index contributed by atoms with van der Waals surface area (Å²) < 4.78 is 0. The largest absolute Gasteiger partial charge is 3.00 e. The second-order valence-corrected chi connectivity index (χ2v) is 1.47. The Kier molecular flexibility index (Phi) is 108. The molecule has 0 rings (SSSR count). The molecule has 10 heteroatoms. The van der Waals surface area contributed by atoms with Gasteiger partial charge < -0.3 is 46.1 Å². The van der Waals surface area contributed by atoms with E-state index in [2.05, 4.69) is 0 Å². The summed E-state index contributed by atoms with van der Waals surface area (Å²) in [6, 6.07) is 0. The van der Waals surface area contributed by atoms with E-state index < -0.39 is 17.9 Å². The molecule has 0 aliphatic rings. The molecule has 1 radical (unpaired) electrons. The minimum atomic E-state index is -1.08. The predicted molar refractivity (Wildman–Crippen MR) is 42.9 cm³/mol. The number of carbonyl (C=O) groups is 3. The summed E-state index contributed by atoms with van der Waals surface area (Å²) in [7, 11) is 0. The fourth-order valence-electron chi connectivity index (χ4n) is 0. The second kappa shape index (κ2) is 37.2. The van der Waals surface area contributed by atoms with Gasteiger partial charge >= 0.3 is 17.1 Å². The molecule has 6 N–H and O–H groups in total. The molecule has 0 bridgehead atoms. The van der Waals surface area contributed by atoms with E-state index in [0.29, 0.717) is 0 Å². The van der Waals surface area contributed by atoms with Crippen LogP contribution < -0.4 is 15.3 Å². The van der Waals surface area contributed by atoms with Crippen LogP contribution >= 0.6 is 0 Å². The van der Waals surface area contributed by atoms with Crippen LogP contribution in [0, 0.1) is 0 Å². The first kappa shape index (κ1) is 46.3. The van der Waals surface area contributed by atoms with Gasteiger partial charge in [-0.25, -0.2) is 0 Å². The average molecular weight is 287 g/mol. The Morgan fingerprint density at radius 2 is 0.625 bits per heavy atom. The topological polar surface area (TPSA) is 215 Å². The van der Waals surface area contributed by atoms with Crippen molar-refractivity contribution < 1.29 is 63.2 Å². The van der Waals surface area contributed by atoms with Crippen molar-refractivity contribution >= 4 is 17.9 Å². The van der Waals surface area contributed by atoms with Crippen molar-refractivity contribution in [3.05, 3.63) is 0 Å². The summed E-state index contributed by atoms with van der Waals surface area (Å²) in [4.78, 5) is 26.7. The van der Waals surface area contributed by atoms with Crippen molar-refractivity contribution in [2.45, 2.75) is 20.8 Å². The van der Waals surface area contributed by atoms with Crippen molar-refractivity contribution in [1.82, 2.24) is 0 Å². The van der Waals surface area contributed by atoms with Crippen molar-refractivity contribution in [1.29, 1.82) is 0 Å².